The maximum atomic E-state index is 9.20. The molecule has 1 aliphatic rings. The van der Waals surface area contributed by atoms with Crippen LogP contribution in [0.4, 0.5) is 0 Å². The molecule has 0 aliphatic heterocycles. The Morgan fingerprint density at radius 2 is 2.30 bits per heavy atom. The van der Waals surface area contributed by atoms with E-state index < -0.39 is 6.10 Å². The van der Waals surface area contributed by atoms with Crippen molar-refractivity contribution in [2.24, 2.45) is 5.92 Å². The van der Waals surface area contributed by atoms with E-state index in [0.29, 0.717) is 0 Å². The summed E-state index contributed by atoms with van der Waals surface area (Å²) in [6.45, 7) is -0.0961. The van der Waals surface area contributed by atoms with Crippen molar-refractivity contribution in [3.05, 3.63) is 6.42 Å². The first-order chi connectivity index (χ1) is 4.84. The lowest BCUT2D eigenvalue weighted by atomic mass is 9.85. The Balaban J connectivity index is 2.24. The second-order valence-electron chi connectivity index (χ2n) is 2.93. The fourth-order valence-electron chi connectivity index (χ4n) is 1.46. The normalized spacial score (nSPS) is 24.6. The van der Waals surface area contributed by atoms with Crippen LogP contribution in [0.2, 0.25) is 0 Å². The standard InChI is InChI=1S/C8H15O2/c9-6-8(10)7-4-2-1-3-5-7/h4,7-10H,1-3,5-6H2. The summed E-state index contributed by atoms with van der Waals surface area (Å²) in [5, 5.41) is 17.8. The fourth-order valence-corrected chi connectivity index (χ4v) is 1.46. The molecule has 2 heteroatoms. The minimum Gasteiger partial charge on any atom is -0.394 e. The van der Waals surface area contributed by atoms with Crippen molar-refractivity contribution in [3.63, 3.8) is 0 Å². The molecule has 0 heterocycles. The van der Waals surface area contributed by atoms with Gasteiger partial charge in [-0.15, -0.1) is 0 Å². The van der Waals surface area contributed by atoms with Gasteiger partial charge >= 0.3 is 0 Å². The second-order valence-corrected chi connectivity index (χ2v) is 2.93. The molecular formula is C8H15O2. The molecule has 1 saturated carbocycles. The van der Waals surface area contributed by atoms with Crippen molar-refractivity contribution >= 4 is 0 Å². The van der Waals surface area contributed by atoms with Crippen LogP contribution in [0, 0.1) is 12.3 Å². The van der Waals surface area contributed by atoms with Crippen LogP contribution in [0.5, 0.6) is 0 Å². The smallest absolute Gasteiger partial charge is 0.0801 e. The summed E-state index contributed by atoms with van der Waals surface area (Å²) < 4.78 is 0. The molecule has 1 rings (SSSR count). The molecule has 0 aromatic carbocycles. The number of rotatable bonds is 2. The Morgan fingerprint density at radius 1 is 1.50 bits per heavy atom. The van der Waals surface area contributed by atoms with Gasteiger partial charge in [0.15, 0.2) is 0 Å². The number of aliphatic hydroxyl groups excluding tert-OH is 2. The van der Waals surface area contributed by atoms with E-state index in [0.717, 1.165) is 12.8 Å². The highest BCUT2D eigenvalue weighted by atomic mass is 16.3. The molecule has 1 radical (unpaired) electrons. The average molecular weight is 143 g/mol. The Hall–Kier alpha value is -0.0800. The Bertz CT molecular complexity index is 87.3. The topological polar surface area (TPSA) is 40.5 Å². The molecule has 2 N–H and O–H groups in total. The molecule has 1 aliphatic carbocycles. The highest BCUT2D eigenvalue weighted by Gasteiger charge is 2.20. The average Bonchev–Trinajstić information content (AvgIpc) is 2.05. The van der Waals surface area contributed by atoms with Gasteiger partial charge in [-0.1, -0.05) is 12.8 Å². The highest BCUT2D eigenvalue weighted by molar-refractivity contribution is 4.85. The molecule has 0 spiro atoms. The van der Waals surface area contributed by atoms with E-state index in [1.807, 2.05) is 0 Å². The van der Waals surface area contributed by atoms with Crippen LogP contribution in [0.15, 0.2) is 0 Å². The third-order valence-electron chi connectivity index (χ3n) is 2.14. The van der Waals surface area contributed by atoms with Crippen molar-refractivity contribution in [2.75, 3.05) is 6.61 Å². The Labute approximate surface area is 61.9 Å². The lowest BCUT2D eigenvalue weighted by molar-refractivity contribution is 0.0491. The van der Waals surface area contributed by atoms with Gasteiger partial charge in [-0.25, -0.2) is 0 Å². The molecule has 0 aromatic rings. The number of aliphatic hydroxyl groups is 2. The largest absolute Gasteiger partial charge is 0.394 e. The Kier molecular flexibility index (Phi) is 3.16. The minimum absolute atomic E-state index is 0.0961. The van der Waals surface area contributed by atoms with Crippen LogP contribution < -0.4 is 0 Å². The van der Waals surface area contributed by atoms with Gasteiger partial charge in [0.2, 0.25) is 0 Å². The molecule has 10 heavy (non-hydrogen) atoms. The number of hydrogen-bond acceptors (Lipinski definition) is 2. The van der Waals surface area contributed by atoms with E-state index in [2.05, 4.69) is 6.42 Å². The summed E-state index contributed by atoms with van der Waals surface area (Å²) in [5.74, 6) is 0.249. The van der Waals surface area contributed by atoms with E-state index in [-0.39, 0.29) is 12.5 Å². The molecule has 2 nitrogen and oxygen atoms in total. The Morgan fingerprint density at radius 3 is 2.80 bits per heavy atom. The second kappa shape index (κ2) is 3.94. The van der Waals surface area contributed by atoms with Gasteiger partial charge in [-0.05, 0) is 25.2 Å². The van der Waals surface area contributed by atoms with Crippen molar-refractivity contribution in [3.8, 4) is 0 Å². The lowest BCUT2D eigenvalue weighted by Crippen LogP contribution is -2.26. The maximum Gasteiger partial charge on any atom is 0.0801 e. The third kappa shape index (κ3) is 1.96. The monoisotopic (exact) mass is 143 g/mol. The first-order valence-corrected chi connectivity index (χ1v) is 3.97. The van der Waals surface area contributed by atoms with Crippen molar-refractivity contribution in [1.82, 2.24) is 0 Å². The summed E-state index contributed by atoms with van der Waals surface area (Å²) in [6.07, 6.45) is 6.20. The van der Waals surface area contributed by atoms with Gasteiger partial charge < -0.3 is 10.2 Å². The van der Waals surface area contributed by atoms with Gasteiger partial charge in [-0.3, -0.25) is 0 Å². The predicted molar refractivity (Wildman–Crippen MR) is 39.4 cm³/mol. The molecule has 0 amide bonds. The first-order valence-electron chi connectivity index (χ1n) is 3.97. The zero-order chi connectivity index (χ0) is 7.40. The SMILES string of the molecule is OCC(O)C1[CH]CCCC1. The van der Waals surface area contributed by atoms with Gasteiger partial charge in [0.25, 0.3) is 0 Å². The van der Waals surface area contributed by atoms with Crippen molar-refractivity contribution in [1.29, 1.82) is 0 Å². The first kappa shape index (κ1) is 8.02. The van der Waals surface area contributed by atoms with Crippen LogP contribution in [-0.2, 0) is 0 Å². The molecule has 1 fully saturated rings. The minimum atomic E-state index is -0.514. The maximum absolute atomic E-state index is 9.20. The fraction of sp³-hybridized carbons (Fsp3) is 0.875. The molecular weight excluding hydrogens is 128 g/mol. The zero-order valence-electron chi connectivity index (χ0n) is 6.16. The van der Waals surface area contributed by atoms with Crippen LogP contribution in [0.1, 0.15) is 25.7 Å². The molecule has 0 saturated heterocycles. The highest BCUT2D eigenvalue weighted by Crippen LogP contribution is 2.25. The lowest BCUT2D eigenvalue weighted by Gasteiger charge is -2.24. The van der Waals surface area contributed by atoms with E-state index >= 15 is 0 Å². The van der Waals surface area contributed by atoms with Crippen LogP contribution in [0.3, 0.4) is 0 Å². The van der Waals surface area contributed by atoms with E-state index in [1.54, 1.807) is 0 Å². The predicted octanol–water partition coefficient (Wildman–Crippen LogP) is 0.734. The van der Waals surface area contributed by atoms with Crippen LogP contribution >= 0.6 is 0 Å². The van der Waals surface area contributed by atoms with Gasteiger partial charge in [0.1, 0.15) is 0 Å². The summed E-state index contributed by atoms with van der Waals surface area (Å²) in [4.78, 5) is 0. The van der Waals surface area contributed by atoms with Gasteiger partial charge in [0, 0.05) is 0 Å². The van der Waals surface area contributed by atoms with Crippen LogP contribution in [0.25, 0.3) is 0 Å². The van der Waals surface area contributed by atoms with E-state index in [9.17, 15) is 5.11 Å². The summed E-state index contributed by atoms with van der Waals surface area (Å²) in [7, 11) is 0. The summed E-state index contributed by atoms with van der Waals surface area (Å²) >= 11 is 0. The molecule has 0 aromatic heterocycles. The van der Waals surface area contributed by atoms with Gasteiger partial charge in [-0.2, -0.15) is 0 Å². The van der Waals surface area contributed by atoms with E-state index in [1.165, 1.54) is 12.8 Å². The number of hydrogen-bond donors (Lipinski definition) is 2. The van der Waals surface area contributed by atoms with Crippen LogP contribution in [-0.4, -0.2) is 22.9 Å². The molecule has 2 atom stereocenters. The van der Waals surface area contributed by atoms with Crippen molar-refractivity contribution in [2.45, 2.75) is 31.8 Å². The summed E-state index contributed by atoms with van der Waals surface area (Å²) in [6, 6.07) is 0. The molecule has 2 unspecified atom stereocenters. The zero-order valence-corrected chi connectivity index (χ0v) is 6.16. The van der Waals surface area contributed by atoms with Crippen molar-refractivity contribution < 1.29 is 10.2 Å². The van der Waals surface area contributed by atoms with E-state index in [4.69, 9.17) is 5.11 Å². The summed E-state index contributed by atoms with van der Waals surface area (Å²) in [5.41, 5.74) is 0. The quantitative estimate of drug-likeness (QED) is 0.598. The molecule has 59 valence electrons. The third-order valence-corrected chi connectivity index (χ3v) is 2.14. The van der Waals surface area contributed by atoms with Gasteiger partial charge in [0.05, 0.1) is 12.7 Å². The molecule has 0 bridgehead atoms.